The summed E-state index contributed by atoms with van der Waals surface area (Å²) in [5, 5.41) is 3.48. The molecule has 1 aliphatic rings. The Hall–Kier alpha value is -0.540. The fourth-order valence-corrected chi connectivity index (χ4v) is 2.34. The van der Waals surface area contributed by atoms with Gasteiger partial charge >= 0.3 is 0 Å². The van der Waals surface area contributed by atoms with Crippen LogP contribution in [-0.2, 0) is 9.47 Å². The van der Waals surface area contributed by atoms with Gasteiger partial charge in [-0.1, -0.05) is 13.5 Å². The van der Waals surface area contributed by atoms with Gasteiger partial charge in [0.2, 0.25) is 0 Å². The SMILES string of the molecule is C=C(CC(C)C(OC)C1CCCN1)OC. The van der Waals surface area contributed by atoms with Gasteiger partial charge in [0.25, 0.3) is 0 Å². The normalized spacial score (nSPS) is 24.9. The Morgan fingerprint density at radius 1 is 1.53 bits per heavy atom. The molecule has 1 fully saturated rings. The van der Waals surface area contributed by atoms with E-state index in [-0.39, 0.29) is 6.10 Å². The quantitative estimate of drug-likeness (QED) is 0.684. The molecule has 3 nitrogen and oxygen atoms in total. The molecule has 0 bridgehead atoms. The van der Waals surface area contributed by atoms with E-state index >= 15 is 0 Å². The molecule has 1 rings (SSSR count). The van der Waals surface area contributed by atoms with Crippen LogP contribution in [0.15, 0.2) is 12.3 Å². The molecule has 0 spiro atoms. The van der Waals surface area contributed by atoms with Crippen molar-refractivity contribution in [3.05, 3.63) is 12.3 Å². The molecule has 0 aromatic heterocycles. The molecule has 0 aromatic carbocycles. The number of ether oxygens (including phenoxy) is 2. The van der Waals surface area contributed by atoms with Gasteiger partial charge in [0, 0.05) is 19.6 Å². The van der Waals surface area contributed by atoms with Crippen LogP contribution < -0.4 is 5.32 Å². The maximum atomic E-state index is 5.58. The van der Waals surface area contributed by atoms with Gasteiger partial charge in [0.15, 0.2) is 0 Å². The van der Waals surface area contributed by atoms with Gasteiger partial charge in [-0.2, -0.15) is 0 Å². The van der Waals surface area contributed by atoms with Crippen LogP contribution in [0, 0.1) is 5.92 Å². The van der Waals surface area contributed by atoms with E-state index in [4.69, 9.17) is 9.47 Å². The second-order valence-electron chi connectivity index (χ2n) is 4.33. The Morgan fingerprint density at radius 2 is 2.27 bits per heavy atom. The number of hydrogen-bond acceptors (Lipinski definition) is 3. The molecule has 0 radical (unpaired) electrons. The summed E-state index contributed by atoms with van der Waals surface area (Å²) in [7, 11) is 3.46. The maximum absolute atomic E-state index is 5.58. The van der Waals surface area contributed by atoms with Crippen LogP contribution in [0.1, 0.15) is 26.2 Å². The first kappa shape index (κ1) is 12.5. The Labute approximate surface area is 92.8 Å². The average molecular weight is 213 g/mol. The van der Waals surface area contributed by atoms with Gasteiger partial charge in [-0.25, -0.2) is 0 Å². The zero-order chi connectivity index (χ0) is 11.3. The first-order chi connectivity index (χ1) is 7.19. The van der Waals surface area contributed by atoms with E-state index in [2.05, 4.69) is 18.8 Å². The molecule has 0 aliphatic carbocycles. The van der Waals surface area contributed by atoms with E-state index in [0.717, 1.165) is 18.7 Å². The molecule has 3 unspecified atom stereocenters. The zero-order valence-corrected chi connectivity index (χ0v) is 10.1. The molecule has 0 amide bonds. The van der Waals surface area contributed by atoms with Crippen molar-refractivity contribution in [3.8, 4) is 0 Å². The molecule has 3 atom stereocenters. The first-order valence-corrected chi connectivity index (χ1v) is 5.67. The van der Waals surface area contributed by atoms with Crippen LogP contribution in [0.4, 0.5) is 0 Å². The van der Waals surface area contributed by atoms with Crippen molar-refractivity contribution in [2.45, 2.75) is 38.3 Å². The van der Waals surface area contributed by atoms with E-state index in [9.17, 15) is 0 Å². The topological polar surface area (TPSA) is 30.5 Å². The van der Waals surface area contributed by atoms with Gasteiger partial charge in [0.05, 0.1) is 19.0 Å². The van der Waals surface area contributed by atoms with E-state index in [0.29, 0.717) is 12.0 Å². The first-order valence-electron chi connectivity index (χ1n) is 5.67. The summed E-state index contributed by atoms with van der Waals surface area (Å²) in [5.41, 5.74) is 0. The minimum absolute atomic E-state index is 0.263. The molecule has 1 aliphatic heterocycles. The van der Waals surface area contributed by atoms with E-state index in [1.165, 1.54) is 12.8 Å². The van der Waals surface area contributed by atoms with Gasteiger partial charge in [-0.3, -0.25) is 0 Å². The number of methoxy groups -OCH3 is 2. The van der Waals surface area contributed by atoms with Gasteiger partial charge in [-0.05, 0) is 25.3 Å². The van der Waals surface area contributed by atoms with Gasteiger partial charge in [0.1, 0.15) is 0 Å². The lowest BCUT2D eigenvalue weighted by atomic mass is 9.93. The number of rotatable bonds is 6. The van der Waals surface area contributed by atoms with Gasteiger partial charge in [-0.15, -0.1) is 0 Å². The Kier molecular flexibility index (Phi) is 5.12. The van der Waals surface area contributed by atoms with Crippen molar-refractivity contribution >= 4 is 0 Å². The minimum atomic E-state index is 0.263. The molecular formula is C12H23NO2. The molecule has 0 aromatic rings. The number of hydrogen-bond donors (Lipinski definition) is 1. The molecule has 3 heteroatoms. The lowest BCUT2D eigenvalue weighted by molar-refractivity contribution is 0.0284. The lowest BCUT2D eigenvalue weighted by Gasteiger charge is -2.28. The Bertz CT molecular complexity index is 200. The number of allylic oxidation sites excluding steroid dienone is 1. The summed E-state index contributed by atoms with van der Waals surface area (Å²) < 4.78 is 10.7. The highest BCUT2D eigenvalue weighted by Gasteiger charge is 2.29. The predicted octanol–water partition coefficient (Wildman–Crippen LogP) is 1.94. The summed E-state index contributed by atoms with van der Waals surface area (Å²) in [6.45, 7) is 7.16. The van der Waals surface area contributed by atoms with Gasteiger partial charge < -0.3 is 14.8 Å². The minimum Gasteiger partial charge on any atom is -0.502 e. The van der Waals surface area contributed by atoms with Crippen molar-refractivity contribution in [3.63, 3.8) is 0 Å². The third kappa shape index (κ3) is 3.50. The summed E-state index contributed by atoms with van der Waals surface area (Å²) in [6, 6.07) is 0.495. The van der Waals surface area contributed by atoms with Crippen LogP contribution in [0.2, 0.25) is 0 Å². The monoisotopic (exact) mass is 213 g/mol. The fourth-order valence-electron chi connectivity index (χ4n) is 2.34. The predicted molar refractivity (Wildman–Crippen MR) is 61.8 cm³/mol. The van der Waals surface area contributed by atoms with Crippen LogP contribution in [0.25, 0.3) is 0 Å². The van der Waals surface area contributed by atoms with E-state index in [1.54, 1.807) is 14.2 Å². The summed E-state index contributed by atoms with van der Waals surface area (Å²) in [5.74, 6) is 1.28. The van der Waals surface area contributed by atoms with Crippen molar-refractivity contribution in [1.82, 2.24) is 5.32 Å². The van der Waals surface area contributed by atoms with E-state index < -0.39 is 0 Å². The largest absolute Gasteiger partial charge is 0.502 e. The second-order valence-corrected chi connectivity index (χ2v) is 4.33. The third-order valence-corrected chi connectivity index (χ3v) is 3.17. The standard InChI is InChI=1S/C12H23NO2/c1-9(8-10(2)14-3)12(15-4)11-6-5-7-13-11/h9,11-13H,2,5-8H2,1,3-4H3. The van der Waals surface area contributed by atoms with Crippen molar-refractivity contribution in [1.29, 1.82) is 0 Å². The highest BCUT2D eigenvalue weighted by atomic mass is 16.5. The maximum Gasteiger partial charge on any atom is 0.0887 e. The van der Waals surface area contributed by atoms with Crippen LogP contribution in [0.3, 0.4) is 0 Å². The van der Waals surface area contributed by atoms with Crippen molar-refractivity contribution < 1.29 is 9.47 Å². The molecule has 0 saturated carbocycles. The molecule has 1 N–H and O–H groups in total. The molecule has 15 heavy (non-hydrogen) atoms. The Morgan fingerprint density at radius 3 is 2.73 bits per heavy atom. The van der Waals surface area contributed by atoms with Crippen LogP contribution in [0.5, 0.6) is 0 Å². The molecule has 88 valence electrons. The lowest BCUT2D eigenvalue weighted by Crippen LogP contribution is -2.40. The van der Waals surface area contributed by atoms with Crippen molar-refractivity contribution in [2.24, 2.45) is 5.92 Å². The summed E-state index contributed by atoms with van der Waals surface area (Å²) in [4.78, 5) is 0. The third-order valence-electron chi connectivity index (χ3n) is 3.17. The summed E-state index contributed by atoms with van der Waals surface area (Å²) >= 11 is 0. The highest BCUT2D eigenvalue weighted by Crippen LogP contribution is 2.23. The summed E-state index contributed by atoms with van der Waals surface area (Å²) in [6.07, 6.45) is 3.59. The molecule has 1 heterocycles. The van der Waals surface area contributed by atoms with Crippen molar-refractivity contribution in [2.75, 3.05) is 20.8 Å². The van der Waals surface area contributed by atoms with Crippen LogP contribution >= 0.6 is 0 Å². The molecular weight excluding hydrogens is 190 g/mol. The van der Waals surface area contributed by atoms with E-state index in [1.807, 2.05) is 0 Å². The second kappa shape index (κ2) is 6.13. The number of nitrogens with one attached hydrogen (secondary N) is 1. The Balaban J connectivity index is 2.45. The smallest absolute Gasteiger partial charge is 0.0887 e. The van der Waals surface area contributed by atoms with Crippen LogP contribution in [-0.4, -0.2) is 32.9 Å². The highest BCUT2D eigenvalue weighted by molar-refractivity contribution is 4.91. The molecule has 1 saturated heterocycles. The zero-order valence-electron chi connectivity index (χ0n) is 10.1. The average Bonchev–Trinajstić information content (AvgIpc) is 2.72. The fraction of sp³-hybridized carbons (Fsp3) is 0.833.